The molecule has 0 unspecified atom stereocenters. The van der Waals surface area contributed by atoms with E-state index in [4.69, 9.17) is 0 Å². The van der Waals surface area contributed by atoms with Gasteiger partial charge in [0.1, 0.15) is 5.82 Å². The Morgan fingerprint density at radius 2 is 2.11 bits per heavy atom. The minimum atomic E-state index is -3.75. The lowest BCUT2D eigenvalue weighted by Crippen LogP contribution is -2.14. The number of halogens is 1. The fourth-order valence-electron chi connectivity index (χ4n) is 1.70. The third-order valence-corrected chi connectivity index (χ3v) is 4.19. The smallest absolute Gasteiger partial charge is 0.263 e. The number of anilines is 1. The predicted molar refractivity (Wildman–Crippen MR) is 69.9 cm³/mol. The van der Waals surface area contributed by atoms with Crippen LogP contribution in [0.2, 0.25) is 0 Å². The second kappa shape index (κ2) is 5.00. The molecule has 0 aliphatic heterocycles. The maximum atomic E-state index is 13.0. The number of H-pyrrole nitrogens is 1. The van der Waals surface area contributed by atoms with Crippen LogP contribution in [-0.4, -0.2) is 18.6 Å². The number of hydrogen-bond acceptors (Lipinski definition) is 3. The summed E-state index contributed by atoms with van der Waals surface area (Å²) in [5.41, 5.74) is 1.17. The summed E-state index contributed by atoms with van der Waals surface area (Å²) in [5, 5.41) is 6.57. The van der Waals surface area contributed by atoms with Gasteiger partial charge in [0.2, 0.25) is 0 Å². The quantitative estimate of drug-likeness (QED) is 0.903. The molecule has 102 valence electrons. The molecule has 5 nitrogen and oxygen atoms in total. The minimum absolute atomic E-state index is 0.0370. The van der Waals surface area contributed by atoms with Crippen LogP contribution in [-0.2, 0) is 16.4 Å². The second-order valence-electron chi connectivity index (χ2n) is 4.15. The first kappa shape index (κ1) is 13.5. The number of aromatic amines is 1. The van der Waals surface area contributed by atoms with Crippen molar-refractivity contribution >= 4 is 15.8 Å². The van der Waals surface area contributed by atoms with E-state index < -0.39 is 15.8 Å². The van der Waals surface area contributed by atoms with E-state index in [0.29, 0.717) is 5.56 Å². The number of nitrogens with one attached hydrogen (secondary N) is 2. The SMILES string of the molecule is CCc1cc(NS(=O)(=O)c2ccc(F)cc2C)n[nH]1. The van der Waals surface area contributed by atoms with E-state index in [0.717, 1.165) is 18.2 Å². The van der Waals surface area contributed by atoms with Crippen LogP contribution >= 0.6 is 0 Å². The lowest BCUT2D eigenvalue weighted by atomic mass is 10.2. The van der Waals surface area contributed by atoms with Crippen LogP contribution in [0.4, 0.5) is 10.2 Å². The largest absolute Gasteiger partial charge is 0.280 e. The lowest BCUT2D eigenvalue weighted by Gasteiger charge is -2.08. The van der Waals surface area contributed by atoms with Gasteiger partial charge in [-0.3, -0.25) is 9.82 Å². The molecule has 1 aromatic carbocycles. The minimum Gasteiger partial charge on any atom is -0.280 e. The van der Waals surface area contributed by atoms with Crippen LogP contribution in [0.15, 0.2) is 29.2 Å². The summed E-state index contributed by atoms with van der Waals surface area (Å²) in [6, 6.07) is 5.15. The van der Waals surface area contributed by atoms with Gasteiger partial charge in [0.05, 0.1) is 4.90 Å². The highest BCUT2D eigenvalue weighted by Crippen LogP contribution is 2.19. The maximum Gasteiger partial charge on any atom is 0.263 e. The number of hydrogen-bond donors (Lipinski definition) is 2. The fourth-order valence-corrected chi connectivity index (χ4v) is 2.92. The molecule has 0 saturated heterocycles. The Kier molecular flexibility index (Phi) is 3.57. The van der Waals surface area contributed by atoms with Crippen molar-refractivity contribution in [3.63, 3.8) is 0 Å². The molecule has 0 fully saturated rings. The molecule has 0 aliphatic carbocycles. The molecule has 1 heterocycles. The number of aryl methyl sites for hydroxylation is 2. The first-order valence-corrected chi connectivity index (χ1v) is 7.24. The zero-order valence-corrected chi connectivity index (χ0v) is 11.4. The van der Waals surface area contributed by atoms with Crippen molar-refractivity contribution in [2.24, 2.45) is 0 Å². The summed E-state index contributed by atoms with van der Waals surface area (Å²) < 4.78 is 39.6. The molecular weight excluding hydrogens is 269 g/mol. The van der Waals surface area contributed by atoms with Gasteiger partial charge in [-0.2, -0.15) is 5.10 Å². The average Bonchev–Trinajstić information content (AvgIpc) is 2.75. The summed E-state index contributed by atoms with van der Waals surface area (Å²) in [7, 11) is -3.75. The van der Waals surface area contributed by atoms with Crippen LogP contribution in [0, 0.1) is 12.7 Å². The zero-order valence-electron chi connectivity index (χ0n) is 10.6. The molecule has 2 rings (SSSR count). The molecule has 1 aromatic heterocycles. The Balaban J connectivity index is 2.32. The van der Waals surface area contributed by atoms with E-state index >= 15 is 0 Å². The molecule has 19 heavy (non-hydrogen) atoms. The van der Waals surface area contributed by atoms with Crippen molar-refractivity contribution < 1.29 is 12.8 Å². The Labute approximate surface area is 110 Å². The van der Waals surface area contributed by atoms with Crippen molar-refractivity contribution in [3.05, 3.63) is 41.3 Å². The van der Waals surface area contributed by atoms with E-state index in [1.807, 2.05) is 6.92 Å². The number of sulfonamides is 1. The normalized spacial score (nSPS) is 11.5. The van der Waals surface area contributed by atoms with Crippen molar-refractivity contribution in [2.75, 3.05) is 4.72 Å². The molecule has 0 bridgehead atoms. The number of benzene rings is 1. The third kappa shape index (κ3) is 2.93. The van der Waals surface area contributed by atoms with Crippen LogP contribution in [0.5, 0.6) is 0 Å². The van der Waals surface area contributed by atoms with E-state index in [2.05, 4.69) is 14.9 Å². The summed E-state index contributed by atoms with van der Waals surface area (Å²) in [4.78, 5) is 0.0370. The lowest BCUT2D eigenvalue weighted by molar-refractivity contribution is 0.598. The molecular formula is C12H14FN3O2S. The molecule has 7 heteroatoms. The number of nitrogens with zero attached hydrogens (tertiary/aromatic N) is 1. The number of aromatic nitrogens is 2. The van der Waals surface area contributed by atoms with Gasteiger partial charge in [0.15, 0.2) is 5.82 Å². The molecule has 0 spiro atoms. The van der Waals surface area contributed by atoms with Gasteiger partial charge in [-0.15, -0.1) is 0 Å². The Morgan fingerprint density at radius 1 is 1.37 bits per heavy atom. The summed E-state index contributed by atoms with van der Waals surface area (Å²) in [5.74, 6) is -0.245. The standard InChI is InChI=1S/C12H14FN3O2S/c1-3-10-7-12(15-14-10)16-19(17,18)11-5-4-9(13)6-8(11)2/h4-7H,3H2,1-2H3,(H2,14,15,16). The van der Waals surface area contributed by atoms with Gasteiger partial charge >= 0.3 is 0 Å². The van der Waals surface area contributed by atoms with Crippen LogP contribution < -0.4 is 4.72 Å². The van der Waals surface area contributed by atoms with E-state index in [9.17, 15) is 12.8 Å². The van der Waals surface area contributed by atoms with E-state index in [1.54, 1.807) is 13.0 Å². The van der Waals surface area contributed by atoms with Crippen molar-refractivity contribution in [1.82, 2.24) is 10.2 Å². The molecule has 2 aromatic rings. The van der Waals surface area contributed by atoms with Crippen molar-refractivity contribution in [3.8, 4) is 0 Å². The summed E-state index contributed by atoms with van der Waals surface area (Å²) in [6.07, 6.45) is 0.726. The van der Waals surface area contributed by atoms with Gasteiger partial charge in [-0.25, -0.2) is 12.8 Å². The Bertz CT molecular complexity index is 695. The highest BCUT2D eigenvalue weighted by Gasteiger charge is 2.18. The highest BCUT2D eigenvalue weighted by atomic mass is 32.2. The maximum absolute atomic E-state index is 13.0. The van der Waals surface area contributed by atoms with Crippen LogP contribution in [0.1, 0.15) is 18.2 Å². The number of rotatable bonds is 4. The average molecular weight is 283 g/mol. The Hall–Kier alpha value is -1.89. The van der Waals surface area contributed by atoms with Gasteiger partial charge in [0, 0.05) is 11.8 Å². The fraction of sp³-hybridized carbons (Fsp3) is 0.250. The van der Waals surface area contributed by atoms with E-state index in [1.165, 1.54) is 12.1 Å². The van der Waals surface area contributed by atoms with Gasteiger partial charge in [-0.1, -0.05) is 6.92 Å². The first-order valence-electron chi connectivity index (χ1n) is 5.75. The molecule has 0 aliphatic rings. The van der Waals surface area contributed by atoms with Crippen LogP contribution in [0.3, 0.4) is 0 Å². The summed E-state index contributed by atoms with van der Waals surface area (Å²) in [6.45, 7) is 3.47. The van der Waals surface area contributed by atoms with Gasteiger partial charge in [-0.05, 0) is 37.1 Å². The molecule has 2 N–H and O–H groups in total. The van der Waals surface area contributed by atoms with Crippen molar-refractivity contribution in [2.45, 2.75) is 25.2 Å². The molecule has 0 radical (unpaired) electrons. The monoisotopic (exact) mass is 283 g/mol. The third-order valence-electron chi connectivity index (χ3n) is 2.68. The highest BCUT2D eigenvalue weighted by molar-refractivity contribution is 7.92. The van der Waals surface area contributed by atoms with Gasteiger partial charge in [0.25, 0.3) is 10.0 Å². The Morgan fingerprint density at radius 3 is 2.68 bits per heavy atom. The summed E-state index contributed by atoms with van der Waals surface area (Å²) >= 11 is 0. The van der Waals surface area contributed by atoms with Crippen LogP contribution in [0.25, 0.3) is 0 Å². The first-order chi connectivity index (χ1) is 8.92. The topological polar surface area (TPSA) is 74.8 Å². The van der Waals surface area contributed by atoms with E-state index in [-0.39, 0.29) is 10.7 Å². The van der Waals surface area contributed by atoms with Crippen molar-refractivity contribution in [1.29, 1.82) is 0 Å². The zero-order chi connectivity index (χ0) is 14.0. The molecule has 0 saturated carbocycles. The van der Waals surface area contributed by atoms with Gasteiger partial charge < -0.3 is 0 Å². The predicted octanol–water partition coefficient (Wildman–Crippen LogP) is 2.22. The molecule has 0 amide bonds. The second-order valence-corrected chi connectivity index (χ2v) is 5.80. The molecule has 0 atom stereocenters.